The monoisotopic (exact) mass is 233 g/mol. The second-order valence-electron chi connectivity index (χ2n) is 4.00. The molecule has 2 rings (SSSR count). The predicted molar refractivity (Wildman–Crippen MR) is 67.8 cm³/mol. The lowest BCUT2D eigenvalue weighted by molar-refractivity contribution is -0.122. The van der Waals surface area contributed by atoms with E-state index >= 15 is 0 Å². The van der Waals surface area contributed by atoms with Crippen molar-refractivity contribution in [3.05, 3.63) is 29.3 Å². The van der Waals surface area contributed by atoms with Gasteiger partial charge in [-0.05, 0) is 12.1 Å². The van der Waals surface area contributed by atoms with Gasteiger partial charge in [-0.25, -0.2) is 4.98 Å². The zero-order valence-corrected chi connectivity index (χ0v) is 10.4. The van der Waals surface area contributed by atoms with Crippen LogP contribution in [0.4, 0.5) is 0 Å². The summed E-state index contributed by atoms with van der Waals surface area (Å²) >= 11 is 1.69. The van der Waals surface area contributed by atoms with Gasteiger partial charge in [0, 0.05) is 18.8 Å². The van der Waals surface area contributed by atoms with Gasteiger partial charge >= 0.3 is 0 Å². The van der Waals surface area contributed by atoms with Crippen LogP contribution in [-0.2, 0) is 11.2 Å². The Hall–Kier alpha value is -1.22. The molecule has 1 unspecified atom stereocenters. The lowest BCUT2D eigenvalue weighted by Crippen LogP contribution is -2.11. The first kappa shape index (κ1) is 11.3. The molecule has 0 saturated carbocycles. The number of nitrogens with zero attached hydrogens (tertiary/aromatic N) is 1. The van der Waals surface area contributed by atoms with Gasteiger partial charge in [-0.2, -0.15) is 0 Å². The number of Topliss-reactive ketones (excluding diaryl/α,β-unsaturated/α-hetero) is 1. The maximum Gasteiger partial charge on any atom is 0.135 e. The van der Waals surface area contributed by atoms with E-state index in [-0.39, 0.29) is 5.92 Å². The van der Waals surface area contributed by atoms with Crippen LogP contribution in [0.5, 0.6) is 0 Å². The third-order valence-corrected chi connectivity index (χ3v) is 3.78. The average Bonchev–Trinajstić information content (AvgIpc) is 2.69. The Balaban J connectivity index is 2.18. The fourth-order valence-electron chi connectivity index (χ4n) is 1.73. The van der Waals surface area contributed by atoms with Crippen LogP contribution >= 0.6 is 11.3 Å². The molecule has 0 amide bonds. The van der Waals surface area contributed by atoms with Gasteiger partial charge in [0.05, 0.1) is 15.2 Å². The maximum absolute atomic E-state index is 11.5. The van der Waals surface area contributed by atoms with Crippen molar-refractivity contribution in [1.82, 2.24) is 4.98 Å². The minimum Gasteiger partial charge on any atom is -0.299 e. The molecule has 3 heteroatoms. The molecule has 1 aromatic carbocycles. The zero-order valence-electron chi connectivity index (χ0n) is 9.56. The van der Waals surface area contributed by atoms with Crippen molar-refractivity contribution in [2.24, 2.45) is 5.92 Å². The molecule has 2 aromatic rings. The van der Waals surface area contributed by atoms with E-state index in [9.17, 15) is 4.79 Å². The quantitative estimate of drug-likeness (QED) is 0.809. The number of hydrogen-bond donors (Lipinski definition) is 0. The Morgan fingerprint density at radius 1 is 1.44 bits per heavy atom. The summed E-state index contributed by atoms with van der Waals surface area (Å²) in [6, 6.07) is 8.10. The Labute approximate surface area is 99.3 Å². The summed E-state index contributed by atoms with van der Waals surface area (Å²) in [6.45, 7) is 3.90. The summed E-state index contributed by atoms with van der Waals surface area (Å²) in [7, 11) is 0. The first-order valence-electron chi connectivity index (χ1n) is 5.58. The van der Waals surface area contributed by atoms with Crippen molar-refractivity contribution in [2.75, 3.05) is 0 Å². The molecule has 2 nitrogen and oxygen atoms in total. The molecule has 84 valence electrons. The molecular weight excluding hydrogens is 218 g/mol. The second kappa shape index (κ2) is 4.74. The zero-order chi connectivity index (χ0) is 11.5. The van der Waals surface area contributed by atoms with E-state index in [0.717, 1.165) is 16.9 Å². The number of para-hydroxylation sites is 1. The van der Waals surface area contributed by atoms with E-state index in [1.165, 1.54) is 4.70 Å². The summed E-state index contributed by atoms with van der Waals surface area (Å²) in [4.78, 5) is 16.0. The van der Waals surface area contributed by atoms with Crippen molar-refractivity contribution < 1.29 is 4.79 Å². The molecule has 0 bridgehead atoms. The standard InChI is InChI=1S/C13H15NOS/c1-3-11(15)9(2)8-13-14-10-6-4-5-7-12(10)16-13/h4-7,9H,3,8H2,1-2H3. The van der Waals surface area contributed by atoms with Crippen LogP contribution in [0.3, 0.4) is 0 Å². The summed E-state index contributed by atoms with van der Waals surface area (Å²) in [5.41, 5.74) is 1.04. The van der Waals surface area contributed by atoms with Crippen LogP contribution in [0.2, 0.25) is 0 Å². The number of benzene rings is 1. The highest BCUT2D eigenvalue weighted by atomic mass is 32.1. The van der Waals surface area contributed by atoms with E-state index in [2.05, 4.69) is 11.1 Å². The van der Waals surface area contributed by atoms with E-state index < -0.39 is 0 Å². The number of aromatic nitrogens is 1. The number of fused-ring (bicyclic) bond motifs is 1. The number of hydrogen-bond acceptors (Lipinski definition) is 3. The third kappa shape index (κ3) is 2.30. The van der Waals surface area contributed by atoms with Crippen molar-refractivity contribution in [2.45, 2.75) is 26.7 Å². The average molecular weight is 233 g/mol. The Morgan fingerprint density at radius 2 is 2.19 bits per heavy atom. The van der Waals surface area contributed by atoms with Gasteiger partial charge in [-0.1, -0.05) is 26.0 Å². The van der Waals surface area contributed by atoms with E-state index in [4.69, 9.17) is 0 Å². The Morgan fingerprint density at radius 3 is 2.88 bits per heavy atom. The van der Waals surface area contributed by atoms with Gasteiger partial charge in [-0.3, -0.25) is 4.79 Å². The fraction of sp³-hybridized carbons (Fsp3) is 0.385. The van der Waals surface area contributed by atoms with Crippen LogP contribution < -0.4 is 0 Å². The Bertz CT molecular complexity index is 470. The van der Waals surface area contributed by atoms with Gasteiger partial charge in [0.2, 0.25) is 0 Å². The molecular formula is C13H15NOS. The third-order valence-electron chi connectivity index (χ3n) is 2.72. The summed E-state index contributed by atoms with van der Waals surface area (Å²) in [6.07, 6.45) is 1.39. The van der Waals surface area contributed by atoms with Crippen LogP contribution in [0.25, 0.3) is 10.2 Å². The van der Waals surface area contributed by atoms with Crippen molar-refractivity contribution in [1.29, 1.82) is 0 Å². The highest BCUT2D eigenvalue weighted by Gasteiger charge is 2.13. The Kier molecular flexibility index (Phi) is 3.34. The molecule has 0 aliphatic rings. The first-order chi connectivity index (χ1) is 7.70. The predicted octanol–water partition coefficient (Wildman–Crippen LogP) is 3.45. The molecule has 0 aliphatic carbocycles. The molecule has 1 atom stereocenters. The minimum absolute atomic E-state index is 0.0885. The maximum atomic E-state index is 11.5. The number of carbonyl (C=O) groups excluding carboxylic acids is 1. The van der Waals surface area contributed by atoms with Gasteiger partial charge < -0.3 is 0 Å². The van der Waals surface area contributed by atoms with Gasteiger partial charge in [0.15, 0.2) is 0 Å². The number of ketones is 1. The summed E-state index contributed by atoms with van der Waals surface area (Å²) < 4.78 is 1.20. The smallest absolute Gasteiger partial charge is 0.135 e. The van der Waals surface area contributed by atoms with Gasteiger partial charge in [0.1, 0.15) is 5.78 Å². The van der Waals surface area contributed by atoms with Crippen molar-refractivity contribution in [3.63, 3.8) is 0 Å². The highest BCUT2D eigenvalue weighted by Crippen LogP contribution is 2.23. The second-order valence-corrected chi connectivity index (χ2v) is 5.12. The first-order valence-corrected chi connectivity index (χ1v) is 6.39. The SMILES string of the molecule is CCC(=O)C(C)Cc1nc2ccccc2s1. The molecule has 0 N–H and O–H groups in total. The van der Waals surface area contributed by atoms with Crippen molar-refractivity contribution in [3.8, 4) is 0 Å². The molecule has 0 radical (unpaired) electrons. The van der Waals surface area contributed by atoms with Crippen molar-refractivity contribution >= 4 is 27.3 Å². The van der Waals surface area contributed by atoms with Gasteiger partial charge in [0.25, 0.3) is 0 Å². The largest absolute Gasteiger partial charge is 0.299 e. The van der Waals surface area contributed by atoms with Crippen LogP contribution in [0.15, 0.2) is 24.3 Å². The van der Waals surface area contributed by atoms with Gasteiger partial charge in [-0.15, -0.1) is 11.3 Å². The minimum atomic E-state index is 0.0885. The summed E-state index contributed by atoms with van der Waals surface area (Å²) in [5.74, 6) is 0.407. The normalized spacial score (nSPS) is 12.9. The van der Waals surface area contributed by atoms with Crippen LogP contribution in [0, 0.1) is 5.92 Å². The molecule has 0 saturated heterocycles. The molecule has 0 aliphatic heterocycles. The highest BCUT2D eigenvalue weighted by molar-refractivity contribution is 7.18. The number of rotatable bonds is 4. The van der Waals surface area contributed by atoms with E-state index in [1.54, 1.807) is 11.3 Å². The summed E-state index contributed by atoms with van der Waals surface area (Å²) in [5, 5.41) is 1.07. The lowest BCUT2D eigenvalue weighted by atomic mass is 10.0. The van der Waals surface area contributed by atoms with Crippen LogP contribution in [0.1, 0.15) is 25.3 Å². The topological polar surface area (TPSA) is 30.0 Å². The molecule has 0 spiro atoms. The molecule has 16 heavy (non-hydrogen) atoms. The molecule has 1 aromatic heterocycles. The number of carbonyl (C=O) groups is 1. The number of thiazole rings is 1. The van der Waals surface area contributed by atoms with E-state index in [0.29, 0.717) is 12.2 Å². The molecule has 1 heterocycles. The lowest BCUT2D eigenvalue weighted by Gasteiger charge is -2.05. The van der Waals surface area contributed by atoms with E-state index in [1.807, 2.05) is 32.0 Å². The molecule has 0 fully saturated rings. The van der Waals surface area contributed by atoms with Crippen LogP contribution in [-0.4, -0.2) is 10.8 Å². The fourth-order valence-corrected chi connectivity index (χ4v) is 2.83.